The van der Waals surface area contributed by atoms with Crippen molar-refractivity contribution in [3.63, 3.8) is 0 Å². The molecule has 1 aliphatic heterocycles. The number of aryl methyl sites for hydroxylation is 1. The number of likely N-dealkylation sites (tertiary alicyclic amines) is 1. The Morgan fingerprint density at radius 3 is 2.50 bits per heavy atom. The lowest BCUT2D eigenvalue weighted by Gasteiger charge is -2.43. The molecule has 1 unspecified atom stereocenters. The van der Waals surface area contributed by atoms with Crippen LogP contribution in [0.25, 0.3) is 11.4 Å². The number of nitrogens with zero attached hydrogens (tertiary/aromatic N) is 5. The second-order valence-electron chi connectivity index (χ2n) is 8.65. The molecule has 1 aliphatic rings. The van der Waals surface area contributed by atoms with Crippen LogP contribution in [0.3, 0.4) is 0 Å². The van der Waals surface area contributed by atoms with Crippen molar-refractivity contribution in [2.75, 3.05) is 13.2 Å². The molecule has 4 rings (SSSR count). The van der Waals surface area contributed by atoms with Gasteiger partial charge in [-0.2, -0.15) is 13.2 Å². The van der Waals surface area contributed by atoms with Crippen molar-refractivity contribution >= 4 is 5.91 Å². The fourth-order valence-electron chi connectivity index (χ4n) is 4.10. The normalized spacial score (nSPS) is 19.7. The number of hydrogen-bond acceptors (Lipinski definition) is 6. The number of alkyl halides is 5. The van der Waals surface area contributed by atoms with Crippen molar-refractivity contribution in [3.05, 3.63) is 65.9 Å². The second kappa shape index (κ2) is 9.75. The summed E-state index contributed by atoms with van der Waals surface area (Å²) < 4.78 is 73.1. The molecule has 0 aromatic carbocycles. The molecule has 36 heavy (non-hydrogen) atoms. The summed E-state index contributed by atoms with van der Waals surface area (Å²) in [6.45, 7) is 2.11. The van der Waals surface area contributed by atoms with Crippen molar-refractivity contribution in [1.29, 1.82) is 0 Å². The molecule has 3 aromatic heterocycles. The van der Waals surface area contributed by atoms with E-state index < -0.39 is 48.5 Å². The quantitative estimate of drug-likeness (QED) is 0.461. The Labute approximate surface area is 203 Å². The zero-order valence-electron chi connectivity index (χ0n) is 19.3. The van der Waals surface area contributed by atoms with E-state index in [9.17, 15) is 26.7 Å². The number of ether oxygens (including phenoxy) is 1. The van der Waals surface area contributed by atoms with Crippen LogP contribution in [0.2, 0.25) is 0 Å². The van der Waals surface area contributed by atoms with Crippen LogP contribution in [0.1, 0.15) is 35.1 Å². The fourth-order valence-corrected chi connectivity index (χ4v) is 4.10. The van der Waals surface area contributed by atoms with E-state index in [1.807, 2.05) is 0 Å². The highest BCUT2D eigenvalue weighted by atomic mass is 19.4. The van der Waals surface area contributed by atoms with E-state index in [1.165, 1.54) is 12.4 Å². The minimum atomic E-state index is -4.56. The Morgan fingerprint density at radius 2 is 1.86 bits per heavy atom. The molecule has 0 aliphatic carbocycles. The van der Waals surface area contributed by atoms with Gasteiger partial charge in [-0.25, -0.2) is 28.7 Å². The summed E-state index contributed by atoms with van der Waals surface area (Å²) in [7, 11) is 0. The van der Waals surface area contributed by atoms with Gasteiger partial charge in [0.2, 0.25) is 5.88 Å². The first kappa shape index (κ1) is 25.4. The highest BCUT2D eigenvalue weighted by molar-refractivity contribution is 5.98. The predicted molar refractivity (Wildman–Crippen MR) is 118 cm³/mol. The Bertz CT molecular complexity index is 1220. The number of pyridine rings is 2. The summed E-state index contributed by atoms with van der Waals surface area (Å²) >= 11 is 0. The summed E-state index contributed by atoms with van der Waals surface area (Å²) in [4.78, 5) is 30.9. The third-order valence-corrected chi connectivity index (χ3v) is 5.85. The zero-order valence-corrected chi connectivity index (χ0v) is 19.3. The van der Waals surface area contributed by atoms with Gasteiger partial charge in [0.25, 0.3) is 11.8 Å². The van der Waals surface area contributed by atoms with E-state index >= 15 is 0 Å². The van der Waals surface area contributed by atoms with Gasteiger partial charge in [0, 0.05) is 36.8 Å². The summed E-state index contributed by atoms with van der Waals surface area (Å²) in [5.41, 5.74) is -0.240. The summed E-state index contributed by atoms with van der Waals surface area (Å²) in [5, 5.41) is 0. The summed E-state index contributed by atoms with van der Waals surface area (Å²) in [6, 6.07) is 5.91. The fraction of sp³-hybridized carbons (Fsp3) is 0.375. The largest absolute Gasteiger partial charge is 0.475 e. The number of halogens is 5. The minimum absolute atomic E-state index is 0.0799. The van der Waals surface area contributed by atoms with Crippen molar-refractivity contribution in [3.8, 4) is 17.3 Å². The van der Waals surface area contributed by atoms with Gasteiger partial charge in [-0.05, 0) is 37.1 Å². The van der Waals surface area contributed by atoms with Crippen molar-refractivity contribution < 1.29 is 31.5 Å². The molecular formula is C24H22F5N5O2. The van der Waals surface area contributed by atoms with Crippen LogP contribution < -0.4 is 4.74 Å². The van der Waals surface area contributed by atoms with Gasteiger partial charge in [-0.1, -0.05) is 6.92 Å². The number of aromatic nitrogens is 4. The van der Waals surface area contributed by atoms with Gasteiger partial charge in [0.1, 0.15) is 12.3 Å². The number of carbonyl (C=O) groups excluding carboxylic acids is 1. The standard InChI is InChI=1S/C24H22F5N5O2/c1-14-10-23(25,26)13-34(18(14)12-36-19-7-5-16(11-32-19)24(27,28)29)22(35)20-17(6-4-15(2)33-20)21-30-8-3-9-31-21/h3-9,11,14,18H,10,12-13H2,1-2H3/t14?,18-/m1/s1. The molecule has 0 bridgehead atoms. The van der Waals surface area contributed by atoms with Gasteiger partial charge in [-0.15, -0.1) is 0 Å². The van der Waals surface area contributed by atoms with Crippen LogP contribution in [0.5, 0.6) is 5.88 Å². The van der Waals surface area contributed by atoms with E-state index in [-0.39, 0.29) is 29.6 Å². The molecule has 1 saturated heterocycles. The highest BCUT2D eigenvalue weighted by Crippen LogP contribution is 2.36. The number of rotatable bonds is 5. The van der Waals surface area contributed by atoms with Gasteiger partial charge < -0.3 is 9.64 Å². The summed E-state index contributed by atoms with van der Waals surface area (Å²) in [6.07, 6.45) is -1.44. The lowest BCUT2D eigenvalue weighted by Crippen LogP contribution is -2.57. The van der Waals surface area contributed by atoms with Crippen LogP contribution in [-0.2, 0) is 6.18 Å². The van der Waals surface area contributed by atoms with Crippen LogP contribution in [0.4, 0.5) is 22.0 Å². The molecule has 2 atom stereocenters. The zero-order chi connectivity index (χ0) is 26.1. The lowest BCUT2D eigenvalue weighted by molar-refractivity contribution is -0.137. The highest BCUT2D eigenvalue weighted by Gasteiger charge is 2.47. The monoisotopic (exact) mass is 507 g/mol. The SMILES string of the molecule is Cc1ccc(-c2ncccn2)c(C(=O)N2CC(F)(F)CC(C)[C@H]2COc2ccc(C(F)(F)F)cn2)n1. The Morgan fingerprint density at radius 1 is 1.14 bits per heavy atom. The topological polar surface area (TPSA) is 81.1 Å². The third kappa shape index (κ3) is 5.58. The second-order valence-corrected chi connectivity index (χ2v) is 8.65. The maximum atomic E-state index is 14.6. The van der Waals surface area contributed by atoms with Gasteiger partial charge in [-0.3, -0.25) is 4.79 Å². The van der Waals surface area contributed by atoms with Gasteiger partial charge in [0.15, 0.2) is 5.82 Å². The van der Waals surface area contributed by atoms with Crippen LogP contribution in [-0.4, -0.2) is 55.9 Å². The third-order valence-electron chi connectivity index (χ3n) is 5.85. The molecule has 12 heteroatoms. The maximum Gasteiger partial charge on any atom is 0.417 e. The van der Waals surface area contributed by atoms with E-state index in [2.05, 4.69) is 19.9 Å². The number of hydrogen-bond donors (Lipinski definition) is 0. The molecule has 0 spiro atoms. The van der Waals surface area contributed by atoms with Crippen LogP contribution >= 0.6 is 0 Å². The van der Waals surface area contributed by atoms with Crippen LogP contribution in [0, 0.1) is 12.8 Å². The van der Waals surface area contributed by atoms with E-state index in [4.69, 9.17) is 4.74 Å². The lowest BCUT2D eigenvalue weighted by atomic mass is 9.88. The van der Waals surface area contributed by atoms with Gasteiger partial charge >= 0.3 is 6.18 Å². The van der Waals surface area contributed by atoms with Gasteiger partial charge in [0.05, 0.1) is 23.7 Å². The van der Waals surface area contributed by atoms with Crippen LogP contribution in [0.15, 0.2) is 48.9 Å². The Balaban J connectivity index is 1.63. The molecule has 3 aromatic rings. The Hall–Kier alpha value is -3.70. The molecule has 4 heterocycles. The number of amides is 1. The molecule has 1 amide bonds. The van der Waals surface area contributed by atoms with E-state index in [0.717, 1.165) is 17.0 Å². The average Bonchev–Trinajstić information content (AvgIpc) is 2.82. The summed E-state index contributed by atoms with van der Waals surface area (Å²) in [5.74, 6) is -4.49. The van der Waals surface area contributed by atoms with Crippen molar-refractivity contribution in [2.45, 2.75) is 38.4 Å². The van der Waals surface area contributed by atoms with Crippen molar-refractivity contribution in [1.82, 2.24) is 24.8 Å². The molecule has 190 valence electrons. The smallest absolute Gasteiger partial charge is 0.417 e. The predicted octanol–water partition coefficient (Wildman–Crippen LogP) is 4.83. The first-order chi connectivity index (χ1) is 16.9. The number of carbonyl (C=O) groups is 1. The first-order valence-corrected chi connectivity index (χ1v) is 11.0. The maximum absolute atomic E-state index is 14.6. The molecule has 7 nitrogen and oxygen atoms in total. The average molecular weight is 507 g/mol. The van der Waals surface area contributed by atoms with E-state index in [0.29, 0.717) is 11.9 Å². The molecule has 0 radical (unpaired) electrons. The first-order valence-electron chi connectivity index (χ1n) is 11.0. The molecule has 1 fully saturated rings. The van der Waals surface area contributed by atoms with E-state index in [1.54, 1.807) is 32.0 Å². The minimum Gasteiger partial charge on any atom is -0.475 e. The Kier molecular flexibility index (Phi) is 6.87. The van der Waals surface area contributed by atoms with Crippen molar-refractivity contribution in [2.24, 2.45) is 5.92 Å². The molecule has 0 saturated carbocycles. The molecule has 0 N–H and O–H groups in total. The number of piperidine rings is 1. The molecular weight excluding hydrogens is 485 g/mol.